The molecule has 0 saturated carbocycles. The molecule has 122 valence electrons. The molecule has 22 heavy (non-hydrogen) atoms. The van der Waals surface area contributed by atoms with Crippen molar-refractivity contribution in [2.24, 2.45) is 5.16 Å². The lowest BCUT2D eigenvalue weighted by atomic mass is 10.1. The summed E-state index contributed by atoms with van der Waals surface area (Å²) in [7, 11) is 1.55. The average molecular weight is 323 g/mol. The molecule has 0 aliphatic heterocycles. The first-order chi connectivity index (χ1) is 10.6. The molecule has 1 aromatic rings. The Morgan fingerprint density at radius 1 is 1.23 bits per heavy atom. The van der Waals surface area contributed by atoms with Gasteiger partial charge in [0.1, 0.15) is 31.2 Å². The molecule has 0 unspecified atom stereocenters. The number of rotatable bonds is 9. The van der Waals surface area contributed by atoms with Crippen LogP contribution in [0.2, 0.25) is 0 Å². The number of benzene rings is 1. The van der Waals surface area contributed by atoms with Crippen LogP contribution in [0.3, 0.4) is 0 Å². The normalized spacial score (nSPS) is 11.8. The summed E-state index contributed by atoms with van der Waals surface area (Å²) in [6.45, 7) is 8.57. The van der Waals surface area contributed by atoms with Crippen LogP contribution < -0.4 is 9.47 Å². The molecule has 0 aliphatic rings. The highest BCUT2D eigenvalue weighted by molar-refractivity contribution is 7.99. The monoisotopic (exact) mass is 323 g/mol. The molecule has 1 rings (SSSR count). The van der Waals surface area contributed by atoms with E-state index in [4.69, 9.17) is 14.3 Å². The SMILES string of the molecule is C/C=C/COc1cc(C)c(OCSC/C(C)=N\OC)c(C)c1. The van der Waals surface area contributed by atoms with E-state index in [9.17, 15) is 0 Å². The quantitative estimate of drug-likeness (QED) is 0.223. The first-order valence-corrected chi connectivity index (χ1v) is 8.36. The predicted molar refractivity (Wildman–Crippen MR) is 94.3 cm³/mol. The maximum Gasteiger partial charge on any atom is 0.134 e. The van der Waals surface area contributed by atoms with Crippen molar-refractivity contribution in [1.82, 2.24) is 0 Å². The highest BCUT2D eigenvalue weighted by Crippen LogP contribution is 2.29. The zero-order valence-electron chi connectivity index (χ0n) is 14.0. The van der Waals surface area contributed by atoms with E-state index in [1.54, 1.807) is 18.9 Å². The van der Waals surface area contributed by atoms with Gasteiger partial charge in [-0.05, 0) is 51.0 Å². The van der Waals surface area contributed by atoms with Gasteiger partial charge in [-0.15, -0.1) is 11.8 Å². The maximum absolute atomic E-state index is 5.87. The van der Waals surface area contributed by atoms with Gasteiger partial charge < -0.3 is 14.3 Å². The summed E-state index contributed by atoms with van der Waals surface area (Å²) in [6, 6.07) is 4.02. The second-order valence-electron chi connectivity index (χ2n) is 4.89. The van der Waals surface area contributed by atoms with Crippen molar-refractivity contribution in [3.05, 3.63) is 35.4 Å². The number of thioether (sulfide) groups is 1. The molecule has 0 atom stereocenters. The van der Waals surface area contributed by atoms with Crippen LogP contribution in [-0.2, 0) is 4.84 Å². The van der Waals surface area contributed by atoms with Gasteiger partial charge in [0, 0.05) is 5.75 Å². The fraction of sp³-hybridized carbons (Fsp3) is 0.471. The molecule has 0 bridgehead atoms. The lowest BCUT2D eigenvalue weighted by molar-refractivity contribution is 0.213. The number of allylic oxidation sites excluding steroid dienone is 1. The van der Waals surface area contributed by atoms with Crippen LogP contribution in [0, 0.1) is 13.8 Å². The Bertz CT molecular complexity index is 504. The van der Waals surface area contributed by atoms with Gasteiger partial charge >= 0.3 is 0 Å². The van der Waals surface area contributed by atoms with Gasteiger partial charge in [0.05, 0.1) is 5.71 Å². The Morgan fingerprint density at radius 2 is 1.91 bits per heavy atom. The third-order valence-corrected chi connectivity index (χ3v) is 3.77. The summed E-state index contributed by atoms with van der Waals surface area (Å²) in [5, 5.41) is 3.87. The summed E-state index contributed by atoms with van der Waals surface area (Å²) >= 11 is 1.66. The van der Waals surface area contributed by atoms with Crippen LogP contribution in [0.25, 0.3) is 0 Å². The first-order valence-electron chi connectivity index (χ1n) is 7.20. The molecule has 0 radical (unpaired) electrons. The number of oxime groups is 1. The molecule has 0 aromatic heterocycles. The lowest BCUT2D eigenvalue weighted by Crippen LogP contribution is -2.03. The van der Waals surface area contributed by atoms with Crippen LogP contribution >= 0.6 is 11.8 Å². The fourth-order valence-electron chi connectivity index (χ4n) is 1.93. The molecular formula is C17H25NO3S. The zero-order chi connectivity index (χ0) is 16.4. The Balaban J connectivity index is 2.55. The van der Waals surface area contributed by atoms with Crippen LogP contribution in [0.4, 0.5) is 0 Å². The van der Waals surface area contributed by atoms with E-state index in [1.165, 1.54) is 0 Å². The number of nitrogens with zero attached hydrogens (tertiary/aromatic N) is 1. The summed E-state index contributed by atoms with van der Waals surface area (Å²) in [5.41, 5.74) is 3.11. The molecule has 5 heteroatoms. The Morgan fingerprint density at radius 3 is 2.50 bits per heavy atom. The van der Waals surface area contributed by atoms with Crippen molar-refractivity contribution in [3.8, 4) is 11.5 Å². The molecule has 4 nitrogen and oxygen atoms in total. The molecule has 0 saturated heterocycles. The number of ether oxygens (including phenoxy) is 2. The second-order valence-corrected chi connectivity index (χ2v) is 5.82. The Kier molecular flexibility index (Phi) is 8.51. The minimum absolute atomic E-state index is 0.580. The van der Waals surface area contributed by atoms with E-state index in [1.807, 2.05) is 52.0 Å². The van der Waals surface area contributed by atoms with Crippen molar-refractivity contribution in [1.29, 1.82) is 0 Å². The molecule has 0 aliphatic carbocycles. The van der Waals surface area contributed by atoms with Crippen molar-refractivity contribution >= 4 is 17.5 Å². The Hall–Kier alpha value is -1.62. The van der Waals surface area contributed by atoms with Crippen LogP contribution in [0.15, 0.2) is 29.4 Å². The standard InChI is InChI=1S/C17H25NO3S/c1-6-7-8-20-16-9-13(2)17(14(3)10-16)21-12-22-11-15(4)18-19-5/h6-7,9-10H,8,11-12H2,1-5H3/b7-6+,18-15-. The fourth-order valence-corrected chi connectivity index (χ4v) is 2.57. The van der Waals surface area contributed by atoms with Gasteiger partial charge in [-0.1, -0.05) is 17.3 Å². The number of hydrogen-bond acceptors (Lipinski definition) is 5. The molecule has 1 aromatic carbocycles. The molecule has 0 N–H and O–H groups in total. The summed E-state index contributed by atoms with van der Waals surface area (Å²) in [5.74, 6) is 3.16. The van der Waals surface area contributed by atoms with Gasteiger partial charge in [-0.3, -0.25) is 0 Å². The van der Waals surface area contributed by atoms with E-state index in [2.05, 4.69) is 5.16 Å². The second kappa shape index (κ2) is 10.2. The van der Waals surface area contributed by atoms with E-state index in [-0.39, 0.29) is 0 Å². The van der Waals surface area contributed by atoms with Crippen molar-refractivity contribution in [2.75, 3.05) is 25.4 Å². The van der Waals surface area contributed by atoms with Gasteiger partial charge in [0.2, 0.25) is 0 Å². The summed E-state index contributed by atoms with van der Waals surface area (Å²) in [6.07, 6.45) is 3.96. The summed E-state index contributed by atoms with van der Waals surface area (Å²) in [4.78, 5) is 4.73. The molecule has 0 amide bonds. The molecule has 0 fully saturated rings. The highest BCUT2D eigenvalue weighted by atomic mass is 32.2. The minimum atomic E-state index is 0.580. The topological polar surface area (TPSA) is 40.0 Å². The average Bonchev–Trinajstić information content (AvgIpc) is 2.46. The smallest absolute Gasteiger partial charge is 0.134 e. The van der Waals surface area contributed by atoms with Crippen molar-refractivity contribution in [3.63, 3.8) is 0 Å². The van der Waals surface area contributed by atoms with Crippen LogP contribution in [0.1, 0.15) is 25.0 Å². The van der Waals surface area contributed by atoms with Gasteiger partial charge in [0.15, 0.2) is 0 Å². The molecule has 0 heterocycles. The molecule has 0 spiro atoms. The summed E-state index contributed by atoms with van der Waals surface area (Å²) < 4.78 is 11.5. The van der Waals surface area contributed by atoms with E-state index in [0.29, 0.717) is 12.5 Å². The largest absolute Gasteiger partial charge is 0.490 e. The minimum Gasteiger partial charge on any atom is -0.490 e. The van der Waals surface area contributed by atoms with Crippen molar-refractivity contribution in [2.45, 2.75) is 27.7 Å². The van der Waals surface area contributed by atoms with E-state index >= 15 is 0 Å². The first kappa shape index (κ1) is 18.4. The van der Waals surface area contributed by atoms with Crippen LogP contribution in [-0.4, -0.2) is 31.1 Å². The predicted octanol–water partition coefficient (Wildman–Crippen LogP) is 4.35. The van der Waals surface area contributed by atoms with Gasteiger partial charge in [0.25, 0.3) is 0 Å². The third-order valence-electron chi connectivity index (χ3n) is 2.86. The lowest BCUT2D eigenvalue weighted by Gasteiger charge is -2.14. The number of aryl methyl sites for hydroxylation is 2. The Labute approximate surface area is 137 Å². The highest BCUT2D eigenvalue weighted by Gasteiger charge is 2.07. The van der Waals surface area contributed by atoms with E-state index < -0.39 is 0 Å². The van der Waals surface area contributed by atoms with Gasteiger partial charge in [-0.2, -0.15) is 0 Å². The van der Waals surface area contributed by atoms with Gasteiger partial charge in [-0.25, -0.2) is 0 Å². The van der Waals surface area contributed by atoms with Crippen LogP contribution in [0.5, 0.6) is 11.5 Å². The van der Waals surface area contributed by atoms with Crippen molar-refractivity contribution < 1.29 is 14.3 Å². The molecular weight excluding hydrogens is 298 g/mol. The third kappa shape index (κ3) is 6.43. The van der Waals surface area contributed by atoms with E-state index in [0.717, 1.165) is 34.1 Å². The maximum atomic E-state index is 5.87. The zero-order valence-corrected chi connectivity index (χ0v) is 14.8. The number of hydrogen-bond donors (Lipinski definition) is 0.